The van der Waals surface area contributed by atoms with Gasteiger partial charge in [-0.1, -0.05) is 12.1 Å². The van der Waals surface area contributed by atoms with Gasteiger partial charge in [0.1, 0.15) is 6.67 Å². The number of hydrogen-bond donors (Lipinski definition) is 1. The summed E-state index contributed by atoms with van der Waals surface area (Å²) in [4.78, 5) is 0.303. The molecule has 0 aliphatic heterocycles. The monoisotopic (exact) mass is 301 g/mol. The van der Waals surface area contributed by atoms with Gasteiger partial charge in [0.25, 0.3) is 0 Å². The molecule has 1 aromatic rings. The number of halogens is 1. The van der Waals surface area contributed by atoms with E-state index in [4.69, 9.17) is 10.5 Å². The second kappa shape index (κ2) is 6.20. The summed E-state index contributed by atoms with van der Waals surface area (Å²) in [6.07, 6.45) is 1.42. The van der Waals surface area contributed by atoms with Crippen molar-refractivity contribution in [2.75, 3.05) is 19.5 Å². The van der Waals surface area contributed by atoms with Gasteiger partial charge in [0, 0.05) is 7.11 Å². The molecule has 6 heteroatoms. The van der Waals surface area contributed by atoms with Crippen LogP contribution >= 0.6 is 0 Å². The van der Waals surface area contributed by atoms with Crippen LogP contribution in [0.3, 0.4) is 0 Å². The Morgan fingerprint density at radius 3 is 2.40 bits per heavy atom. The number of nitrogens with two attached hydrogens (primary N) is 1. The zero-order valence-electron chi connectivity index (χ0n) is 11.5. The van der Waals surface area contributed by atoms with Crippen LogP contribution in [-0.4, -0.2) is 34.0 Å². The molecule has 2 atom stereocenters. The molecule has 0 bridgehead atoms. The highest BCUT2D eigenvalue weighted by Crippen LogP contribution is 2.32. The summed E-state index contributed by atoms with van der Waals surface area (Å²) < 4.78 is 42.0. The Morgan fingerprint density at radius 1 is 1.35 bits per heavy atom. The Morgan fingerprint density at radius 2 is 1.95 bits per heavy atom. The average molecular weight is 301 g/mol. The lowest BCUT2D eigenvalue weighted by Gasteiger charge is -2.20. The molecule has 1 aliphatic carbocycles. The lowest BCUT2D eigenvalue weighted by atomic mass is 10.0. The molecule has 0 radical (unpaired) electrons. The van der Waals surface area contributed by atoms with Crippen LogP contribution in [0.25, 0.3) is 0 Å². The second-order valence-corrected chi connectivity index (χ2v) is 7.30. The van der Waals surface area contributed by atoms with Crippen LogP contribution < -0.4 is 5.73 Å². The maximum atomic E-state index is 12.6. The van der Waals surface area contributed by atoms with Crippen LogP contribution in [0.2, 0.25) is 0 Å². The molecule has 0 aromatic heterocycles. The van der Waals surface area contributed by atoms with E-state index in [1.54, 1.807) is 24.3 Å². The topological polar surface area (TPSA) is 69.4 Å². The third-order valence-electron chi connectivity index (χ3n) is 3.54. The largest absolute Gasteiger partial charge is 0.375 e. The van der Waals surface area contributed by atoms with Crippen molar-refractivity contribution in [3.05, 3.63) is 29.8 Å². The molecular weight excluding hydrogens is 281 g/mol. The predicted octanol–water partition coefficient (Wildman–Crippen LogP) is 1.85. The van der Waals surface area contributed by atoms with E-state index >= 15 is 0 Å². The van der Waals surface area contributed by atoms with Gasteiger partial charge in [-0.2, -0.15) is 0 Å². The molecule has 0 spiro atoms. The maximum absolute atomic E-state index is 12.6. The standard InChI is InChI=1S/C14H20FNO3S/c1-19-14(13(16)8-15)11-4-6-12(7-5-11)20(17,18)9-10-2-3-10/h4-7,10,13-14H,2-3,8-9,16H2,1H3/t13-,14-/m1/s1. The van der Waals surface area contributed by atoms with E-state index in [0.717, 1.165) is 12.8 Å². The van der Waals surface area contributed by atoms with Crippen LogP contribution in [0.15, 0.2) is 29.2 Å². The number of methoxy groups -OCH3 is 1. The summed E-state index contributed by atoms with van der Waals surface area (Å²) in [6.45, 7) is -0.694. The SMILES string of the molecule is CO[C@H](c1ccc(S(=O)(=O)CC2CC2)cc1)[C@H](N)CF. The highest BCUT2D eigenvalue weighted by atomic mass is 32.2. The van der Waals surface area contributed by atoms with E-state index in [-0.39, 0.29) is 5.75 Å². The van der Waals surface area contributed by atoms with Gasteiger partial charge in [-0.15, -0.1) is 0 Å². The van der Waals surface area contributed by atoms with Crippen molar-refractivity contribution in [1.29, 1.82) is 0 Å². The maximum Gasteiger partial charge on any atom is 0.178 e. The van der Waals surface area contributed by atoms with E-state index in [1.165, 1.54) is 7.11 Å². The number of hydrogen-bond acceptors (Lipinski definition) is 4. The molecule has 1 aromatic carbocycles. The number of sulfone groups is 1. The van der Waals surface area contributed by atoms with Gasteiger partial charge in [-0.05, 0) is 36.5 Å². The van der Waals surface area contributed by atoms with Crippen molar-refractivity contribution in [1.82, 2.24) is 0 Å². The van der Waals surface area contributed by atoms with E-state index in [9.17, 15) is 12.8 Å². The van der Waals surface area contributed by atoms with Crippen molar-refractivity contribution in [2.24, 2.45) is 11.7 Å². The van der Waals surface area contributed by atoms with Crippen molar-refractivity contribution >= 4 is 9.84 Å². The Bertz CT molecular complexity index is 540. The summed E-state index contributed by atoms with van der Waals surface area (Å²) in [5.41, 5.74) is 6.32. The first-order valence-electron chi connectivity index (χ1n) is 6.65. The van der Waals surface area contributed by atoms with Gasteiger partial charge in [0.05, 0.1) is 22.8 Å². The first-order valence-corrected chi connectivity index (χ1v) is 8.30. The van der Waals surface area contributed by atoms with Crippen molar-refractivity contribution in [2.45, 2.75) is 29.9 Å². The zero-order chi connectivity index (χ0) is 14.8. The van der Waals surface area contributed by atoms with E-state index < -0.39 is 28.7 Å². The van der Waals surface area contributed by atoms with Gasteiger partial charge < -0.3 is 10.5 Å². The summed E-state index contributed by atoms with van der Waals surface area (Å²) >= 11 is 0. The second-order valence-electron chi connectivity index (χ2n) is 5.27. The molecule has 0 heterocycles. The molecule has 4 nitrogen and oxygen atoms in total. The minimum atomic E-state index is -3.22. The van der Waals surface area contributed by atoms with Gasteiger partial charge in [0.15, 0.2) is 9.84 Å². The van der Waals surface area contributed by atoms with Crippen LogP contribution in [0.1, 0.15) is 24.5 Å². The lowest BCUT2D eigenvalue weighted by molar-refractivity contribution is 0.0720. The summed E-state index contributed by atoms with van der Waals surface area (Å²) in [5.74, 6) is 0.524. The Kier molecular flexibility index (Phi) is 4.78. The normalized spacial score (nSPS) is 18.8. The van der Waals surface area contributed by atoms with Gasteiger partial charge in [0.2, 0.25) is 0 Å². The minimum Gasteiger partial charge on any atom is -0.375 e. The fraction of sp³-hybridized carbons (Fsp3) is 0.571. The Hall–Kier alpha value is -0.980. The first-order chi connectivity index (χ1) is 9.47. The number of ether oxygens (including phenoxy) is 1. The van der Waals surface area contributed by atoms with Crippen molar-refractivity contribution in [3.63, 3.8) is 0 Å². The fourth-order valence-corrected chi connectivity index (χ4v) is 3.89. The molecular formula is C14H20FNO3S. The van der Waals surface area contributed by atoms with Gasteiger partial charge >= 0.3 is 0 Å². The third kappa shape index (κ3) is 3.56. The summed E-state index contributed by atoms with van der Waals surface area (Å²) in [6, 6.07) is 5.62. The van der Waals surface area contributed by atoms with E-state index in [1.807, 2.05) is 0 Å². The number of benzene rings is 1. The molecule has 2 N–H and O–H groups in total. The van der Waals surface area contributed by atoms with Crippen molar-refractivity contribution < 1.29 is 17.5 Å². The van der Waals surface area contributed by atoms with E-state index in [0.29, 0.717) is 16.4 Å². The average Bonchev–Trinajstić information content (AvgIpc) is 3.23. The van der Waals surface area contributed by atoms with Crippen LogP contribution in [-0.2, 0) is 14.6 Å². The van der Waals surface area contributed by atoms with Crippen LogP contribution in [0, 0.1) is 5.92 Å². The molecule has 0 unspecified atom stereocenters. The Labute approximate surface area is 119 Å². The molecule has 2 rings (SSSR count). The smallest absolute Gasteiger partial charge is 0.178 e. The molecule has 0 saturated heterocycles. The fourth-order valence-electron chi connectivity index (χ4n) is 2.19. The number of rotatable bonds is 7. The molecule has 112 valence electrons. The quantitative estimate of drug-likeness (QED) is 0.834. The van der Waals surface area contributed by atoms with Crippen molar-refractivity contribution in [3.8, 4) is 0 Å². The minimum absolute atomic E-state index is 0.212. The molecule has 1 aliphatic rings. The van der Waals surface area contributed by atoms with Gasteiger partial charge in [-0.25, -0.2) is 12.8 Å². The molecule has 1 saturated carbocycles. The third-order valence-corrected chi connectivity index (χ3v) is 5.44. The van der Waals surface area contributed by atoms with Crippen LogP contribution in [0.5, 0.6) is 0 Å². The number of alkyl halides is 1. The lowest BCUT2D eigenvalue weighted by Crippen LogP contribution is -2.31. The van der Waals surface area contributed by atoms with Gasteiger partial charge in [-0.3, -0.25) is 0 Å². The molecule has 1 fully saturated rings. The summed E-state index contributed by atoms with van der Waals surface area (Å²) in [5, 5.41) is 0. The van der Waals surface area contributed by atoms with E-state index in [2.05, 4.69) is 0 Å². The molecule has 20 heavy (non-hydrogen) atoms. The zero-order valence-corrected chi connectivity index (χ0v) is 12.3. The predicted molar refractivity (Wildman–Crippen MR) is 74.9 cm³/mol. The van der Waals surface area contributed by atoms with Crippen LogP contribution in [0.4, 0.5) is 4.39 Å². The first kappa shape index (κ1) is 15.4. The highest BCUT2D eigenvalue weighted by Gasteiger charge is 2.29. The molecule has 0 amide bonds. The Balaban J connectivity index is 2.16. The highest BCUT2D eigenvalue weighted by molar-refractivity contribution is 7.91. The summed E-state index contributed by atoms with van der Waals surface area (Å²) in [7, 11) is -1.76.